The lowest BCUT2D eigenvalue weighted by Crippen LogP contribution is -2.30. The van der Waals surface area contributed by atoms with Crippen molar-refractivity contribution < 1.29 is 18.0 Å². The van der Waals surface area contributed by atoms with Gasteiger partial charge in [0, 0.05) is 16.8 Å². The van der Waals surface area contributed by atoms with Crippen LogP contribution < -0.4 is 9.62 Å². The number of hydrogen-bond acceptors (Lipinski definition) is 4. The monoisotopic (exact) mass is 450 g/mol. The average Bonchev–Trinajstić information content (AvgIpc) is 2.72. The first-order valence-electron chi connectivity index (χ1n) is 10.1. The van der Waals surface area contributed by atoms with E-state index < -0.39 is 10.0 Å². The van der Waals surface area contributed by atoms with E-state index in [1.807, 2.05) is 32.0 Å². The van der Waals surface area contributed by atoms with Crippen molar-refractivity contribution in [2.75, 3.05) is 15.9 Å². The molecule has 0 fully saturated rings. The highest BCUT2D eigenvalue weighted by Gasteiger charge is 2.21. The van der Waals surface area contributed by atoms with Crippen LogP contribution in [0.1, 0.15) is 44.3 Å². The number of nitrogens with one attached hydrogen (secondary N) is 1. The highest BCUT2D eigenvalue weighted by molar-refractivity contribution is 7.92. The minimum atomic E-state index is -3.51. The van der Waals surface area contributed by atoms with Crippen molar-refractivity contribution in [2.45, 2.75) is 27.3 Å². The van der Waals surface area contributed by atoms with Crippen molar-refractivity contribution in [2.24, 2.45) is 0 Å². The molecule has 0 aliphatic rings. The Labute approximate surface area is 188 Å². The molecule has 0 bridgehead atoms. The lowest BCUT2D eigenvalue weighted by atomic mass is 10.1. The molecule has 0 heterocycles. The maximum absolute atomic E-state index is 12.6. The molecule has 0 radical (unpaired) electrons. The van der Waals surface area contributed by atoms with E-state index in [1.165, 1.54) is 17.5 Å². The van der Waals surface area contributed by atoms with Crippen molar-refractivity contribution in [3.05, 3.63) is 94.5 Å². The van der Waals surface area contributed by atoms with Gasteiger partial charge >= 0.3 is 0 Å². The molecule has 32 heavy (non-hydrogen) atoms. The standard InChI is InChI=1S/C25H26N2O4S/c1-17-7-5-8-18(2)24(17)27(32(4,30)31)16-20-11-13-21(14-12-20)25(29)26-23-10-6-9-22(15-23)19(3)28/h5-15H,16H2,1-4H3,(H,26,29). The predicted octanol–water partition coefficient (Wildman–Crippen LogP) is 4.72. The second kappa shape index (κ2) is 9.36. The van der Waals surface area contributed by atoms with E-state index in [4.69, 9.17) is 0 Å². The Balaban J connectivity index is 1.80. The van der Waals surface area contributed by atoms with Gasteiger partial charge in [0.2, 0.25) is 10.0 Å². The van der Waals surface area contributed by atoms with Gasteiger partial charge in [-0.15, -0.1) is 0 Å². The second-order valence-electron chi connectivity index (χ2n) is 7.80. The number of sulfonamides is 1. The van der Waals surface area contributed by atoms with Gasteiger partial charge in [0.25, 0.3) is 5.91 Å². The third kappa shape index (κ3) is 5.42. The van der Waals surface area contributed by atoms with E-state index in [1.54, 1.807) is 48.5 Å². The Kier molecular flexibility index (Phi) is 6.79. The molecule has 1 amide bonds. The Morgan fingerprint density at radius 2 is 1.47 bits per heavy atom. The molecule has 0 saturated carbocycles. The predicted molar refractivity (Wildman–Crippen MR) is 128 cm³/mol. The molecule has 3 rings (SSSR count). The van der Waals surface area contributed by atoms with Gasteiger partial charge in [-0.3, -0.25) is 13.9 Å². The van der Waals surface area contributed by atoms with E-state index in [0.717, 1.165) is 16.7 Å². The van der Waals surface area contributed by atoms with E-state index in [9.17, 15) is 18.0 Å². The molecule has 0 spiro atoms. The number of aryl methyl sites for hydroxylation is 2. The molecule has 0 aliphatic carbocycles. The summed E-state index contributed by atoms with van der Waals surface area (Å²) >= 11 is 0. The third-order valence-electron chi connectivity index (χ3n) is 5.16. The van der Waals surface area contributed by atoms with Gasteiger partial charge in [-0.2, -0.15) is 0 Å². The Morgan fingerprint density at radius 1 is 0.875 bits per heavy atom. The number of amides is 1. The van der Waals surface area contributed by atoms with Gasteiger partial charge in [0.15, 0.2) is 5.78 Å². The molecule has 1 N–H and O–H groups in total. The van der Waals surface area contributed by atoms with Crippen molar-refractivity contribution in [3.8, 4) is 0 Å². The van der Waals surface area contributed by atoms with Crippen LogP contribution in [0.3, 0.4) is 0 Å². The molecule has 0 aliphatic heterocycles. The number of carbonyl (C=O) groups excluding carboxylic acids is 2. The summed E-state index contributed by atoms with van der Waals surface area (Å²) in [7, 11) is -3.51. The summed E-state index contributed by atoms with van der Waals surface area (Å²) in [5.41, 5.74) is 4.66. The Morgan fingerprint density at radius 3 is 2.03 bits per heavy atom. The number of anilines is 2. The Hall–Kier alpha value is -3.45. The molecule has 0 aromatic heterocycles. The van der Waals surface area contributed by atoms with Gasteiger partial charge < -0.3 is 5.32 Å². The molecular weight excluding hydrogens is 424 g/mol. The first kappa shape index (κ1) is 23.2. The molecule has 6 nitrogen and oxygen atoms in total. The van der Waals surface area contributed by atoms with Gasteiger partial charge in [-0.1, -0.05) is 42.5 Å². The van der Waals surface area contributed by atoms with E-state index in [0.29, 0.717) is 22.5 Å². The zero-order valence-electron chi connectivity index (χ0n) is 18.5. The average molecular weight is 451 g/mol. The van der Waals surface area contributed by atoms with Crippen LogP contribution in [0.2, 0.25) is 0 Å². The molecular formula is C25H26N2O4S. The van der Waals surface area contributed by atoms with Crippen LogP contribution in [-0.4, -0.2) is 26.4 Å². The summed E-state index contributed by atoms with van der Waals surface area (Å²) in [6.07, 6.45) is 1.19. The SMILES string of the molecule is CC(=O)c1cccc(NC(=O)c2ccc(CN(c3c(C)cccc3C)S(C)(=O)=O)cc2)c1. The summed E-state index contributed by atoms with van der Waals surface area (Å²) in [5.74, 6) is -0.392. The zero-order chi connectivity index (χ0) is 23.5. The molecule has 0 saturated heterocycles. The minimum Gasteiger partial charge on any atom is -0.322 e. The number of benzene rings is 3. The summed E-state index contributed by atoms with van der Waals surface area (Å²) < 4.78 is 26.5. The fourth-order valence-corrected chi connectivity index (χ4v) is 4.51. The molecule has 0 unspecified atom stereocenters. The normalized spacial score (nSPS) is 11.1. The number of Topliss-reactive ketones (excluding diaryl/α,β-unsaturated/α-hetero) is 1. The minimum absolute atomic E-state index is 0.0789. The molecule has 3 aromatic rings. The van der Waals surface area contributed by atoms with Crippen molar-refractivity contribution in [1.82, 2.24) is 0 Å². The first-order valence-corrected chi connectivity index (χ1v) is 12.0. The van der Waals surface area contributed by atoms with Crippen LogP contribution in [0.4, 0.5) is 11.4 Å². The second-order valence-corrected chi connectivity index (χ2v) is 9.70. The summed E-state index contributed by atoms with van der Waals surface area (Å²) in [4.78, 5) is 24.1. The largest absolute Gasteiger partial charge is 0.322 e. The zero-order valence-corrected chi connectivity index (χ0v) is 19.4. The van der Waals surface area contributed by atoms with Gasteiger partial charge in [0.05, 0.1) is 18.5 Å². The quantitative estimate of drug-likeness (QED) is 0.528. The molecule has 3 aromatic carbocycles. The Bertz CT molecular complexity index is 1250. The van der Waals surface area contributed by atoms with Crippen molar-refractivity contribution >= 4 is 33.1 Å². The van der Waals surface area contributed by atoms with Gasteiger partial charge in [-0.25, -0.2) is 8.42 Å². The molecule has 166 valence electrons. The van der Waals surface area contributed by atoms with Gasteiger partial charge in [-0.05, 0) is 61.7 Å². The number of para-hydroxylation sites is 1. The third-order valence-corrected chi connectivity index (χ3v) is 6.27. The van der Waals surface area contributed by atoms with Crippen molar-refractivity contribution in [1.29, 1.82) is 0 Å². The van der Waals surface area contributed by atoms with Crippen LogP contribution in [0.25, 0.3) is 0 Å². The summed E-state index contributed by atoms with van der Waals surface area (Å²) in [6, 6.07) is 19.2. The van der Waals surface area contributed by atoms with Crippen LogP contribution >= 0.6 is 0 Å². The van der Waals surface area contributed by atoms with Crippen LogP contribution in [0, 0.1) is 13.8 Å². The van der Waals surface area contributed by atoms with E-state index >= 15 is 0 Å². The first-order chi connectivity index (χ1) is 15.1. The fourth-order valence-electron chi connectivity index (χ4n) is 3.51. The van der Waals surface area contributed by atoms with E-state index in [2.05, 4.69) is 5.32 Å². The van der Waals surface area contributed by atoms with Gasteiger partial charge in [0.1, 0.15) is 0 Å². The summed E-state index contributed by atoms with van der Waals surface area (Å²) in [6.45, 7) is 5.40. The number of carbonyl (C=O) groups is 2. The maximum Gasteiger partial charge on any atom is 0.255 e. The van der Waals surface area contributed by atoms with Crippen molar-refractivity contribution in [3.63, 3.8) is 0 Å². The highest BCUT2D eigenvalue weighted by atomic mass is 32.2. The van der Waals surface area contributed by atoms with Crippen LogP contribution in [-0.2, 0) is 16.6 Å². The molecule has 0 atom stereocenters. The fraction of sp³-hybridized carbons (Fsp3) is 0.200. The molecule has 7 heteroatoms. The van der Waals surface area contributed by atoms with E-state index in [-0.39, 0.29) is 18.2 Å². The lowest BCUT2D eigenvalue weighted by molar-refractivity contribution is 0.101. The summed E-state index contributed by atoms with van der Waals surface area (Å²) in [5, 5.41) is 2.78. The topological polar surface area (TPSA) is 83.6 Å². The number of rotatable bonds is 7. The maximum atomic E-state index is 12.6. The number of ketones is 1. The highest BCUT2D eigenvalue weighted by Crippen LogP contribution is 2.28. The lowest BCUT2D eigenvalue weighted by Gasteiger charge is -2.26. The van der Waals surface area contributed by atoms with Crippen LogP contribution in [0.5, 0.6) is 0 Å². The van der Waals surface area contributed by atoms with Crippen LogP contribution in [0.15, 0.2) is 66.7 Å². The number of nitrogens with zero attached hydrogens (tertiary/aromatic N) is 1. The number of hydrogen-bond donors (Lipinski definition) is 1. The smallest absolute Gasteiger partial charge is 0.255 e.